The molecule has 3 N–H and O–H groups in total. The van der Waals surface area contributed by atoms with Gasteiger partial charge in [0, 0.05) is 12.1 Å². The highest BCUT2D eigenvalue weighted by molar-refractivity contribution is 14.0. The molecule has 0 unspecified atom stereocenters. The third kappa shape index (κ3) is 4.46. The molecule has 0 aliphatic heterocycles. The van der Waals surface area contributed by atoms with Crippen molar-refractivity contribution in [3.05, 3.63) is 42.4 Å². The van der Waals surface area contributed by atoms with Gasteiger partial charge in [-0.15, -0.1) is 24.0 Å². The van der Waals surface area contributed by atoms with E-state index in [1.54, 1.807) is 6.20 Å². The van der Waals surface area contributed by atoms with Crippen LogP contribution >= 0.6 is 24.0 Å². The SMILES string of the molecule is I.NC(=NCc1ncc(-c2ccccc2)o1)NCC1CCC1. The van der Waals surface area contributed by atoms with Crippen LogP contribution in [0.25, 0.3) is 11.3 Å². The highest BCUT2D eigenvalue weighted by Gasteiger charge is 2.16. The summed E-state index contributed by atoms with van der Waals surface area (Å²) in [5.41, 5.74) is 6.85. The second-order valence-corrected chi connectivity index (χ2v) is 5.36. The van der Waals surface area contributed by atoms with Crippen LogP contribution in [0.5, 0.6) is 0 Å². The van der Waals surface area contributed by atoms with Gasteiger partial charge < -0.3 is 15.5 Å². The Balaban J connectivity index is 0.00000176. The second-order valence-electron chi connectivity index (χ2n) is 5.36. The topological polar surface area (TPSA) is 76.4 Å². The molecule has 1 aliphatic rings. The van der Waals surface area contributed by atoms with Gasteiger partial charge in [-0.05, 0) is 18.8 Å². The largest absolute Gasteiger partial charge is 0.439 e. The summed E-state index contributed by atoms with van der Waals surface area (Å²) in [6.07, 6.45) is 5.64. The lowest BCUT2D eigenvalue weighted by Crippen LogP contribution is -2.37. The van der Waals surface area contributed by atoms with E-state index in [2.05, 4.69) is 15.3 Å². The van der Waals surface area contributed by atoms with Gasteiger partial charge in [0.05, 0.1) is 6.20 Å². The van der Waals surface area contributed by atoms with Crippen LogP contribution in [0.2, 0.25) is 0 Å². The van der Waals surface area contributed by atoms with Crippen LogP contribution in [0.15, 0.2) is 45.9 Å². The quantitative estimate of drug-likeness (QED) is 0.450. The van der Waals surface area contributed by atoms with E-state index >= 15 is 0 Å². The number of benzene rings is 1. The van der Waals surface area contributed by atoms with Crippen molar-refractivity contribution in [2.45, 2.75) is 25.8 Å². The Bertz CT molecular complexity index is 608. The molecule has 1 aromatic heterocycles. The third-order valence-electron chi connectivity index (χ3n) is 3.79. The lowest BCUT2D eigenvalue weighted by atomic mass is 9.85. The number of oxazole rings is 1. The number of rotatable bonds is 5. The number of hydrogen-bond donors (Lipinski definition) is 2. The number of hydrogen-bond acceptors (Lipinski definition) is 3. The molecule has 2 aromatic rings. The normalized spacial score (nSPS) is 15.0. The molecule has 6 heteroatoms. The van der Waals surface area contributed by atoms with Gasteiger partial charge in [0.2, 0.25) is 5.89 Å². The predicted octanol–water partition coefficient (Wildman–Crippen LogP) is 3.16. The molecule has 1 aromatic carbocycles. The molecule has 1 aliphatic carbocycles. The molecule has 3 rings (SSSR count). The van der Waals surface area contributed by atoms with E-state index in [0.717, 1.165) is 23.8 Å². The summed E-state index contributed by atoms with van der Waals surface area (Å²) in [6, 6.07) is 9.89. The molecule has 5 nitrogen and oxygen atoms in total. The van der Waals surface area contributed by atoms with E-state index in [-0.39, 0.29) is 24.0 Å². The van der Waals surface area contributed by atoms with Crippen molar-refractivity contribution in [2.24, 2.45) is 16.6 Å². The molecule has 22 heavy (non-hydrogen) atoms. The van der Waals surface area contributed by atoms with Gasteiger partial charge in [-0.3, -0.25) is 0 Å². The fourth-order valence-corrected chi connectivity index (χ4v) is 2.27. The fraction of sp³-hybridized carbons (Fsp3) is 0.375. The molecule has 0 atom stereocenters. The standard InChI is InChI=1S/C16H20N4O.HI/c17-16(19-9-12-5-4-6-12)20-11-15-18-10-14(21-15)13-7-2-1-3-8-13;/h1-3,7-8,10,12H,4-6,9,11H2,(H3,17,19,20);1H. The maximum absolute atomic E-state index is 5.84. The Morgan fingerprint density at radius 3 is 2.77 bits per heavy atom. The van der Waals surface area contributed by atoms with Crippen LogP contribution in [0.4, 0.5) is 0 Å². The zero-order valence-electron chi connectivity index (χ0n) is 12.4. The first-order chi connectivity index (χ1) is 10.3. The molecule has 0 radical (unpaired) electrons. The van der Waals surface area contributed by atoms with Crippen molar-refractivity contribution in [3.8, 4) is 11.3 Å². The average Bonchev–Trinajstić information content (AvgIpc) is 2.93. The highest BCUT2D eigenvalue weighted by Crippen LogP contribution is 2.25. The number of nitrogens with zero attached hydrogens (tertiary/aromatic N) is 2. The Labute approximate surface area is 147 Å². The summed E-state index contributed by atoms with van der Waals surface area (Å²) < 4.78 is 5.68. The monoisotopic (exact) mass is 412 g/mol. The van der Waals surface area contributed by atoms with Crippen molar-refractivity contribution in [3.63, 3.8) is 0 Å². The summed E-state index contributed by atoms with van der Waals surface area (Å²) in [5, 5.41) is 3.15. The van der Waals surface area contributed by atoms with Crippen LogP contribution in [0.3, 0.4) is 0 Å². The molecular formula is C16H21IN4O. The number of nitrogens with one attached hydrogen (secondary N) is 1. The first-order valence-electron chi connectivity index (χ1n) is 7.35. The van der Waals surface area contributed by atoms with E-state index in [9.17, 15) is 0 Å². The molecule has 0 amide bonds. The number of halogens is 1. The Hall–Kier alpha value is -1.57. The Morgan fingerprint density at radius 1 is 1.32 bits per heavy atom. The van der Waals surface area contributed by atoms with E-state index in [4.69, 9.17) is 10.2 Å². The summed E-state index contributed by atoms with van der Waals surface area (Å²) in [4.78, 5) is 8.49. The Kier molecular flexibility index (Phi) is 6.23. The minimum atomic E-state index is 0. The van der Waals surface area contributed by atoms with Crippen molar-refractivity contribution in [1.29, 1.82) is 0 Å². The summed E-state index contributed by atoms with van der Waals surface area (Å²) in [5.74, 6) is 2.54. The minimum absolute atomic E-state index is 0. The highest BCUT2D eigenvalue weighted by atomic mass is 127. The maximum atomic E-state index is 5.84. The zero-order valence-corrected chi connectivity index (χ0v) is 14.7. The lowest BCUT2D eigenvalue weighted by molar-refractivity contribution is 0.315. The van der Waals surface area contributed by atoms with E-state index in [1.807, 2.05) is 30.3 Å². The number of guanidine groups is 1. The van der Waals surface area contributed by atoms with Gasteiger partial charge in [-0.25, -0.2) is 9.98 Å². The van der Waals surface area contributed by atoms with E-state index in [0.29, 0.717) is 18.4 Å². The second kappa shape index (κ2) is 8.17. The number of aliphatic imine (C=N–C) groups is 1. The predicted molar refractivity (Wildman–Crippen MR) is 98.0 cm³/mol. The summed E-state index contributed by atoms with van der Waals surface area (Å²) >= 11 is 0. The first kappa shape index (κ1) is 16.8. The van der Waals surface area contributed by atoms with Crippen LogP contribution in [-0.4, -0.2) is 17.5 Å². The number of nitrogens with two attached hydrogens (primary N) is 1. The van der Waals surface area contributed by atoms with Crippen molar-refractivity contribution >= 4 is 29.9 Å². The van der Waals surface area contributed by atoms with Crippen LogP contribution < -0.4 is 11.1 Å². The molecule has 0 bridgehead atoms. The molecule has 1 fully saturated rings. The first-order valence-corrected chi connectivity index (χ1v) is 7.35. The van der Waals surface area contributed by atoms with Gasteiger partial charge in [0.1, 0.15) is 6.54 Å². The van der Waals surface area contributed by atoms with Gasteiger partial charge in [0.25, 0.3) is 0 Å². The van der Waals surface area contributed by atoms with E-state index in [1.165, 1.54) is 19.3 Å². The zero-order chi connectivity index (χ0) is 14.5. The van der Waals surface area contributed by atoms with Crippen LogP contribution in [0.1, 0.15) is 25.2 Å². The molecular weight excluding hydrogens is 391 g/mol. The number of aromatic nitrogens is 1. The van der Waals surface area contributed by atoms with Gasteiger partial charge in [-0.2, -0.15) is 0 Å². The van der Waals surface area contributed by atoms with Crippen molar-refractivity contribution in [1.82, 2.24) is 10.3 Å². The molecule has 1 heterocycles. The van der Waals surface area contributed by atoms with Crippen molar-refractivity contribution < 1.29 is 4.42 Å². The lowest BCUT2D eigenvalue weighted by Gasteiger charge is -2.25. The van der Waals surface area contributed by atoms with Crippen LogP contribution in [0, 0.1) is 5.92 Å². The molecule has 1 saturated carbocycles. The summed E-state index contributed by atoms with van der Waals surface area (Å²) in [7, 11) is 0. The van der Waals surface area contributed by atoms with Crippen LogP contribution in [-0.2, 0) is 6.54 Å². The van der Waals surface area contributed by atoms with Gasteiger partial charge in [0.15, 0.2) is 11.7 Å². The third-order valence-corrected chi connectivity index (χ3v) is 3.79. The average molecular weight is 412 g/mol. The van der Waals surface area contributed by atoms with Crippen molar-refractivity contribution in [2.75, 3.05) is 6.54 Å². The smallest absolute Gasteiger partial charge is 0.216 e. The fourth-order valence-electron chi connectivity index (χ4n) is 2.27. The van der Waals surface area contributed by atoms with E-state index < -0.39 is 0 Å². The van der Waals surface area contributed by atoms with Gasteiger partial charge in [-0.1, -0.05) is 36.8 Å². The van der Waals surface area contributed by atoms with Gasteiger partial charge >= 0.3 is 0 Å². The molecule has 118 valence electrons. The minimum Gasteiger partial charge on any atom is -0.439 e. The molecule has 0 spiro atoms. The maximum Gasteiger partial charge on any atom is 0.216 e. The summed E-state index contributed by atoms with van der Waals surface area (Å²) in [6.45, 7) is 1.27. The Morgan fingerprint density at radius 2 is 2.09 bits per heavy atom. The molecule has 0 saturated heterocycles.